The SMILES string of the molecule is Bc1ccccc1-n1c(OC2(C)CCCCCC2)cc(/C=C/C(CC)C2=CN(C)C(=C/C(C)=C\CC)/C(=C\C)C3CN23)c1NC. The summed E-state index contributed by atoms with van der Waals surface area (Å²) >= 11 is 0. The van der Waals surface area contributed by atoms with Crippen molar-refractivity contribution in [3.05, 3.63) is 88.9 Å². The highest BCUT2D eigenvalue weighted by molar-refractivity contribution is 6.34. The van der Waals surface area contributed by atoms with E-state index < -0.39 is 0 Å². The first-order valence-electron chi connectivity index (χ1n) is 17.4. The zero-order valence-electron chi connectivity index (χ0n) is 29.1. The van der Waals surface area contributed by atoms with Crippen molar-refractivity contribution in [2.75, 3.05) is 26.0 Å². The number of ether oxygens (including phenoxy) is 1. The number of fused-ring (bicyclic) bond motifs is 1. The van der Waals surface area contributed by atoms with Gasteiger partial charge in [-0.1, -0.05) is 80.2 Å². The number of anilines is 1. The van der Waals surface area contributed by atoms with E-state index in [1.165, 1.54) is 53.7 Å². The average molecular weight is 607 g/mol. The van der Waals surface area contributed by atoms with Crippen LogP contribution in [0.4, 0.5) is 5.82 Å². The second kappa shape index (κ2) is 14.3. The maximum atomic E-state index is 7.02. The summed E-state index contributed by atoms with van der Waals surface area (Å²) in [5.74, 6) is 2.30. The number of hydrogen-bond acceptors (Lipinski definition) is 4. The number of nitrogens with zero attached hydrogens (tertiary/aromatic N) is 3. The molecule has 2 aromatic rings. The lowest BCUT2D eigenvalue weighted by Gasteiger charge is -2.30. The molecule has 1 aromatic heterocycles. The average Bonchev–Trinajstić information content (AvgIpc) is 3.78. The van der Waals surface area contributed by atoms with E-state index in [4.69, 9.17) is 4.74 Å². The quantitative estimate of drug-likeness (QED) is 0.169. The molecular formula is C39H55BN4O. The van der Waals surface area contributed by atoms with Crippen LogP contribution in [0.15, 0.2) is 83.4 Å². The molecule has 0 amide bonds. The van der Waals surface area contributed by atoms with Gasteiger partial charge in [0, 0.05) is 61.5 Å². The standard InChI is InChI=1S/C39H55BN4O/c1-8-17-28(4)24-34-31(10-3)36-27-43(36)35(26-42(34)7)29(9-2)20-21-30-25-37(45-39(5)22-15-11-12-16-23-39)44(38(30)41-6)33-19-14-13-18-32(33)40/h10,13-14,17-21,24-26,29,36,41H,8-9,11-12,15-16,22-23,27,40H2,1-7H3/b21-20+,28-17-,31-10+,34-24+. The lowest BCUT2D eigenvalue weighted by atomic mass is 9.94. The van der Waals surface area contributed by atoms with Crippen molar-refractivity contribution in [3.8, 4) is 11.6 Å². The van der Waals surface area contributed by atoms with Crippen LogP contribution in [0, 0.1) is 5.92 Å². The monoisotopic (exact) mass is 606 g/mol. The number of hydrogen-bond donors (Lipinski definition) is 1. The van der Waals surface area contributed by atoms with Crippen molar-refractivity contribution in [3.63, 3.8) is 0 Å². The number of para-hydroxylation sites is 1. The molecule has 1 aromatic carbocycles. The van der Waals surface area contributed by atoms with Gasteiger partial charge in [0.25, 0.3) is 0 Å². The largest absolute Gasteiger partial charge is 0.472 e. The molecule has 0 radical (unpaired) electrons. The molecule has 5 nitrogen and oxygen atoms in total. The Bertz CT molecular complexity index is 1500. The molecule has 45 heavy (non-hydrogen) atoms. The van der Waals surface area contributed by atoms with Crippen LogP contribution in [0.3, 0.4) is 0 Å². The third kappa shape index (κ3) is 7.16. The minimum Gasteiger partial charge on any atom is -0.472 e. The molecule has 1 N–H and O–H groups in total. The van der Waals surface area contributed by atoms with Crippen molar-refractivity contribution in [2.24, 2.45) is 5.92 Å². The molecule has 3 aliphatic rings. The fourth-order valence-corrected chi connectivity index (χ4v) is 7.35. The Labute approximate surface area is 273 Å². The Kier molecular flexibility index (Phi) is 10.4. The van der Waals surface area contributed by atoms with Gasteiger partial charge in [-0.2, -0.15) is 0 Å². The number of rotatable bonds is 10. The molecule has 3 heterocycles. The summed E-state index contributed by atoms with van der Waals surface area (Å²) < 4.78 is 9.32. The highest BCUT2D eigenvalue weighted by Gasteiger charge is 2.43. The summed E-state index contributed by atoms with van der Waals surface area (Å²) in [5, 5.41) is 3.55. The summed E-state index contributed by atoms with van der Waals surface area (Å²) in [5.41, 5.74) is 8.84. The minimum absolute atomic E-state index is 0.155. The van der Waals surface area contributed by atoms with Gasteiger partial charge < -0.3 is 19.9 Å². The maximum absolute atomic E-state index is 7.02. The van der Waals surface area contributed by atoms with Gasteiger partial charge in [-0.05, 0) is 77.0 Å². The molecule has 2 aliphatic heterocycles. The van der Waals surface area contributed by atoms with Crippen LogP contribution in [0.25, 0.3) is 11.8 Å². The van der Waals surface area contributed by atoms with Gasteiger partial charge in [0.15, 0.2) is 0 Å². The van der Waals surface area contributed by atoms with E-state index in [9.17, 15) is 0 Å². The molecule has 1 saturated carbocycles. The van der Waals surface area contributed by atoms with E-state index >= 15 is 0 Å². The Balaban J connectivity index is 1.52. The summed E-state index contributed by atoms with van der Waals surface area (Å²) in [7, 11) is 6.42. The first kappa shape index (κ1) is 32.8. The molecule has 6 heteroatoms. The fraction of sp³-hybridized carbons (Fsp3) is 0.487. The number of allylic oxidation sites excluding steroid dienone is 5. The molecule has 2 atom stereocenters. The van der Waals surface area contributed by atoms with Crippen molar-refractivity contribution in [2.45, 2.75) is 97.6 Å². The zero-order valence-corrected chi connectivity index (χ0v) is 29.1. The third-order valence-corrected chi connectivity index (χ3v) is 9.94. The van der Waals surface area contributed by atoms with E-state index in [1.54, 1.807) is 0 Å². The lowest BCUT2D eigenvalue weighted by molar-refractivity contribution is 0.0651. The highest BCUT2D eigenvalue weighted by Crippen LogP contribution is 2.43. The van der Waals surface area contributed by atoms with Crippen molar-refractivity contribution >= 4 is 25.2 Å². The molecule has 0 bridgehead atoms. The Morgan fingerprint density at radius 1 is 1.16 bits per heavy atom. The van der Waals surface area contributed by atoms with E-state index in [2.05, 4.69) is 136 Å². The second-order valence-electron chi connectivity index (χ2n) is 13.5. The van der Waals surface area contributed by atoms with Crippen LogP contribution < -0.4 is 15.5 Å². The summed E-state index contributed by atoms with van der Waals surface area (Å²) in [6, 6.07) is 11.3. The molecule has 2 fully saturated rings. The molecule has 0 spiro atoms. The fourth-order valence-electron chi connectivity index (χ4n) is 7.35. The number of benzene rings is 1. The third-order valence-electron chi connectivity index (χ3n) is 9.94. The van der Waals surface area contributed by atoms with Gasteiger partial charge in [0.2, 0.25) is 5.88 Å². The summed E-state index contributed by atoms with van der Waals surface area (Å²) in [6.45, 7) is 12.3. The normalized spacial score (nSPS) is 22.7. The van der Waals surface area contributed by atoms with Gasteiger partial charge in [-0.15, -0.1) is 0 Å². The van der Waals surface area contributed by atoms with Crippen LogP contribution in [0.2, 0.25) is 0 Å². The Morgan fingerprint density at radius 3 is 2.53 bits per heavy atom. The Morgan fingerprint density at radius 2 is 1.89 bits per heavy atom. The molecule has 240 valence electrons. The maximum Gasteiger partial charge on any atom is 0.200 e. The Hall–Kier alpha value is -3.54. The smallest absolute Gasteiger partial charge is 0.200 e. The molecule has 1 aliphatic carbocycles. The van der Waals surface area contributed by atoms with Crippen LogP contribution >= 0.6 is 0 Å². The van der Waals surface area contributed by atoms with Crippen molar-refractivity contribution in [1.29, 1.82) is 0 Å². The van der Waals surface area contributed by atoms with Gasteiger partial charge in [-0.25, -0.2) is 0 Å². The topological polar surface area (TPSA) is 32.4 Å². The molecular weight excluding hydrogens is 551 g/mol. The van der Waals surface area contributed by atoms with E-state index in [1.807, 2.05) is 7.05 Å². The molecule has 2 unspecified atom stereocenters. The van der Waals surface area contributed by atoms with Gasteiger partial charge in [0.1, 0.15) is 19.3 Å². The lowest BCUT2D eigenvalue weighted by Crippen LogP contribution is -2.32. The van der Waals surface area contributed by atoms with Gasteiger partial charge in [-0.3, -0.25) is 4.57 Å². The predicted molar refractivity (Wildman–Crippen MR) is 195 cm³/mol. The van der Waals surface area contributed by atoms with Crippen LogP contribution in [-0.2, 0) is 0 Å². The van der Waals surface area contributed by atoms with E-state index in [0.29, 0.717) is 12.0 Å². The summed E-state index contributed by atoms with van der Waals surface area (Å²) in [6.07, 6.45) is 23.4. The minimum atomic E-state index is -0.155. The first-order chi connectivity index (χ1) is 21.7. The summed E-state index contributed by atoms with van der Waals surface area (Å²) in [4.78, 5) is 4.93. The molecule has 5 rings (SSSR count). The number of aromatic nitrogens is 1. The van der Waals surface area contributed by atoms with Crippen LogP contribution in [0.1, 0.15) is 91.5 Å². The second-order valence-corrected chi connectivity index (χ2v) is 13.5. The van der Waals surface area contributed by atoms with E-state index in [-0.39, 0.29) is 5.60 Å². The van der Waals surface area contributed by atoms with Crippen LogP contribution in [0.5, 0.6) is 5.88 Å². The first-order valence-corrected chi connectivity index (χ1v) is 17.4. The van der Waals surface area contributed by atoms with Gasteiger partial charge in [0.05, 0.1) is 6.04 Å². The van der Waals surface area contributed by atoms with Gasteiger partial charge >= 0.3 is 0 Å². The van der Waals surface area contributed by atoms with Crippen molar-refractivity contribution < 1.29 is 4.74 Å². The predicted octanol–water partition coefficient (Wildman–Crippen LogP) is 7.97. The number of likely N-dealkylation sites (N-methyl/N-ethyl adjacent to an activating group) is 1. The van der Waals surface area contributed by atoms with E-state index in [0.717, 1.165) is 55.2 Å². The highest BCUT2D eigenvalue weighted by atomic mass is 16.5. The number of nitrogens with one attached hydrogen (secondary N) is 1. The van der Waals surface area contributed by atoms with Crippen LogP contribution in [-0.4, -0.2) is 54.5 Å². The van der Waals surface area contributed by atoms with Crippen molar-refractivity contribution in [1.82, 2.24) is 14.4 Å². The molecule has 1 saturated heterocycles. The zero-order chi connectivity index (χ0) is 32.1.